The van der Waals surface area contributed by atoms with Crippen molar-refractivity contribution in [3.8, 4) is 45.3 Å². The minimum Gasteiger partial charge on any atom is -0.456 e. The lowest BCUT2D eigenvalue weighted by Crippen LogP contribution is -2.00. The second-order valence-electron chi connectivity index (χ2n) is 13.1. The summed E-state index contributed by atoms with van der Waals surface area (Å²) in [6.07, 6.45) is 0. The lowest BCUT2D eigenvalue weighted by atomic mass is 9.96. The second-order valence-corrected chi connectivity index (χ2v) is 13.1. The Bertz CT molecular complexity index is 3200. The maximum atomic E-state index is 6.74. The van der Waals surface area contributed by atoms with Gasteiger partial charge in [-0.3, -0.25) is 0 Å². The normalized spacial score (nSPS) is 11.8. The lowest BCUT2D eigenvalue weighted by molar-refractivity contribution is 0.669. The second kappa shape index (κ2) is 11.2. The van der Waals surface area contributed by atoms with Crippen LogP contribution in [-0.4, -0.2) is 15.0 Å². The van der Waals surface area contributed by atoms with Gasteiger partial charge in [-0.25, -0.2) is 15.0 Å². The molecule has 0 spiro atoms. The van der Waals surface area contributed by atoms with Crippen LogP contribution < -0.4 is 0 Å². The number of fused-ring (bicyclic) bond motifs is 8. The van der Waals surface area contributed by atoms with Crippen LogP contribution in [0.3, 0.4) is 0 Å². The van der Waals surface area contributed by atoms with Gasteiger partial charge < -0.3 is 8.83 Å². The van der Waals surface area contributed by atoms with Crippen molar-refractivity contribution < 1.29 is 8.83 Å². The molecule has 0 saturated carbocycles. The largest absolute Gasteiger partial charge is 0.456 e. The Balaban J connectivity index is 1.19. The quantitative estimate of drug-likeness (QED) is 0.187. The van der Waals surface area contributed by atoms with Crippen molar-refractivity contribution in [3.05, 3.63) is 164 Å². The van der Waals surface area contributed by atoms with E-state index in [1.165, 1.54) is 10.8 Å². The van der Waals surface area contributed by atoms with Gasteiger partial charge in [-0.1, -0.05) is 140 Å². The molecule has 3 aromatic heterocycles. The summed E-state index contributed by atoms with van der Waals surface area (Å²) < 4.78 is 13.0. The van der Waals surface area contributed by atoms with Crippen LogP contribution in [0.4, 0.5) is 0 Å². The molecule has 0 aliphatic rings. The van der Waals surface area contributed by atoms with Crippen LogP contribution in [0.2, 0.25) is 0 Å². The highest BCUT2D eigenvalue weighted by Crippen LogP contribution is 2.42. The highest BCUT2D eigenvalue weighted by Gasteiger charge is 2.21. The Morgan fingerprint density at radius 3 is 1.69 bits per heavy atom. The van der Waals surface area contributed by atoms with Gasteiger partial charge in [0.2, 0.25) is 0 Å². The third-order valence-electron chi connectivity index (χ3n) is 10.1. The van der Waals surface area contributed by atoms with E-state index in [1.807, 2.05) is 42.5 Å². The van der Waals surface area contributed by atoms with Crippen LogP contribution >= 0.6 is 0 Å². The molecule has 0 aliphatic heterocycles. The molecule has 3 heterocycles. The molecule has 11 rings (SSSR count). The van der Waals surface area contributed by atoms with E-state index in [0.29, 0.717) is 17.5 Å². The molecule has 11 aromatic rings. The summed E-state index contributed by atoms with van der Waals surface area (Å²) in [5, 5.41) is 8.62. The first-order chi connectivity index (χ1) is 25.8. The highest BCUT2D eigenvalue weighted by atomic mass is 16.3. The average molecular weight is 666 g/mol. The number of hydrogen-bond acceptors (Lipinski definition) is 5. The maximum Gasteiger partial charge on any atom is 0.164 e. The molecule has 5 heteroatoms. The van der Waals surface area contributed by atoms with E-state index < -0.39 is 0 Å². The number of aromatic nitrogens is 3. The number of para-hydroxylation sites is 2. The lowest BCUT2D eigenvalue weighted by Gasteiger charge is -2.10. The van der Waals surface area contributed by atoms with E-state index in [2.05, 4.69) is 121 Å². The van der Waals surface area contributed by atoms with Gasteiger partial charge >= 0.3 is 0 Å². The Morgan fingerprint density at radius 2 is 0.865 bits per heavy atom. The molecule has 0 fully saturated rings. The Kier molecular flexibility index (Phi) is 6.18. The van der Waals surface area contributed by atoms with Crippen molar-refractivity contribution in [2.75, 3.05) is 0 Å². The summed E-state index contributed by atoms with van der Waals surface area (Å²) in [6, 6.07) is 56.3. The summed E-state index contributed by atoms with van der Waals surface area (Å²) in [5.74, 6) is 1.74. The summed E-state index contributed by atoms with van der Waals surface area (Å²) in [5.41, 5.74) is 8.07. The standard InChI is InChI=1S/C47H27N3O2/c1-2-13-30-27-31(26-25-28(30)11-1)45-48-46(37-20-9-23-40-42(37)35-16-5-6-22-39(35)51-40)50-47(49-45)38-21-10-24-41-43(38)36-19-8-18-34(44(36)52-41)33-17-7-14-29-12-3-4-15-32(29)33/h1-27H. The van der Waals surface area contributed by atoms with Crippen molar-refractivity contribution in [1.29, 1.82) is 0 Å². The van der Waals surface area contributed by atoms with Gasteiger partial charge in [-0.05, 0) is 51.4 Å². The molecule has 0 saturated heterocycles. The number of rotatable bonds is 4. The van der Waals surface area contributed by atoms with E-state index in [-0.39, 0.29) is 0 Å². The van der Waals surface area contributed by atoms with Crippen LogP contribution in [0.25, 0.3) is 111 Å². The first kappa shape index (κ1) is 28.7. The Morgan fingerprint density at radius 1 is 0.327 bits per heavy atom. The van der Waals surface area contributed by atoms with Crippen molar-refractivity contribution in [2.45, 2.75) is 0 Å². The predicted molar refractivity (Wildman–Crippen MR) is 211 cm³/mol. The molecule has 0 N–H and O–H groups in total. The predicted octanol–water partition coefficient (Wildman–Crippen LogP) is 12.6. The third-order valence-corrected chi connectivity index (χ3v) is 10.1. The van der Waals surface area contributed by atoms with Crippen LogP contribution in [0.15, 0.2) is 173 Å². The zero-order valence-electron chi connectivity index (χ0n) is 27.7. The minimum absolute atomic E-state index is 0.571. The smallest absolute Gasteiger partial charge is 0.164 e. The first-order valence-electron chi connectivity index (χ1n) is 17.4. The maximum absolute atomic E-state index is 6.74. The third kappa shape index (κ3) is 4.39. The Labute approximate surface area is 297 Å². The molecule has 8 aromatic carbocycles. The van der Waals surface area contributed by atoms with Gasteiger partial charge in [-0.15, -0.1) is 0 Å². The van der Waals surface area contributed by atoms with E-state index in [0.717, 1.165) is 82.5 Å². The number of hydrogen-bond donors (Lipinski definition) is 0. The van der Waals surface area contributed by atoms with Crippen molar-refractivity contribution in [1.82, 2.24) is 15.0 Å². The number of benzene rings is 8. The molecule has 5 nitrogen and oxygen atoms in total. The summed E-state index contributed by atoms with van der Waals surface area (Å²) in [6.45, 7) is 0. The van der Waals surface area contributed by atoms with Gasteiger partial charge in [0, 0.05) is 43.8 Å². The average Bonchev–Trinajstić information content (AvgIpc) is 3.79. The van der Waals surface area contributed by atoms with E-state index in [1.54, 1.807) is 0 Å². The van der Waals surface area contributed by atoms with Crippen LogP contribution in [-0.2, 0) is 0 Å². The molecule has 0 bridgehead atoms. The summed E-state index contributed by atoms with van der Waals surface area (Å²) in [7, 11) is 0. The van der Waals surface area contributed by atoms with Crippen molar-refractivity contribution in [2.24, 2.45) is 0 Å². The first-order valence-corrected chi connectivity index (χ1v) is 17.4. The topological polar surface area (TPSA) is 65.0 Å². The monoisotopic (exact) mass is 665 g/mol. The van der Waals surface area contributed by atoms with E-state index in [4.69, 9.17) is 23.8 Å². The zero-order chi connectivity index (χ0) is 34.2. The summed E-state index contributed by atoms with van der Waals surface area (Å²) in [4.78, 5) is 15.6. The van der Waals surface area contributed by atoms with E-state index in [9.17, 15) is 0 Å². The SMILES string of the molecule is c1ccc2cc(-c3nc(-c4cccc5oc6ccccc6c45)nc(-c4cccc5oc6c(-c7cccc8ccccc78)cccc6c45)n3)ccc2c1. The van der Waals surface area contributed by atoms with Gasteiger partial charge in [0.15, 0.2) is 17.5 Å². The molecule has 52 heavy (non-hydrogen) atoms. The number of nitrogens with zero attached hydrogens (tertiary/aromatic N) is 3. The molecule has 0 radical (unpaired) electrons. The van der Waals surface area contributed by atoms with Gasteiger partial charge in [0.05, 0.1) is 0 Å². The van der Waals surface area contributed by atoms with Gasteiger partial charge in [-0.2, -0.15) is 0 Å². The van der Waals surface area contributed by atoms with Crippen molar-refractivity contribution >= 4 is 65.4 Å². The van der Waals surface area contributed by atoms with E-state index >= 15 is 0 Å². The van der Waals surface area contributed by atoms with Crippen LogP contribution in [0.5, 0.6) is 0 Å². The summed E-state index contributed by atoms with van der Waals surface area (Å²) >= 11 is 0. The molecule has 0 atom stereocenters. The molecule has 0 amide bonds. The van der Waals surface area contributed by atoms with Gasteiger partial charge in [0.25, 0.3) is 0 Å². The zero-order valence-corrected chi connectivity index (χ0v) is 27.7. The number of furan rings is 2. The molecular formula is C47H27N3O2. The molecule has 0 unspecified atom stereocenters. The van der Waals surface area contributed by atoms with Crippen LogP contribution in [0, 0.1) is 0 Å². The van der Waals surface area contributed by atoms with Gasteiger partial charge in [0.1, 0.15) is 22.3 Å². The van der Waals surface area contributed by atoms with Crippen molar-refractivity contribution in [3.63, 3.8) is 0 Å². The fourth-order valence-corrected chi connectivity index (χ4v) is 7.74. The fourth-order valence-electron chi connectivity index (χ4n) is 7.74. The fraction of sp³-hybridized carbons (Fsp3) is 0. The highest BCUT2D eigenvalue weighted by molar-refractivity contribution is 6.17. The molecule has 0 aliphatic carbocycles. The Hall–Kier alpha value is -7.11. The molecule has 242 valence electrons. The van der Waals surface area contributed by atoms with Crippen LogP contribution in [0.1, 0.15) is 0 Å². The minimum atomic E-state index is 0.571. The molecular weight excluding hydrogens is 639 g/mol.